The molecule has 21 heteroatoms. The highest BCUT2D eigenvalue weighted by Crippen LogP contribution is 2.46. The van der Waals surface area contributed by atoms with E-state index in [1.807, 2.05) is 34.6 Å². The fourth-order valence-corrected chi connectivity index (χ4v) is 11.7. The summed E-state index contributed by atoms with van der Waals surface area (Å²) in [5.41, 5.74) is 2.31. The van der Waals surface area contributed by atoms with Gasteiger partial charge in [0.25, 0.3) is 5.91 Å². The summed E-state index contributed by atoms with van der Waals surface area (Å²) < 4.78 is 27.4. The van der Waals surface area contributed by atoms with Gasteiger partial charge >= 0.3 is 5.97 Å². The SMILES string of the molecule is CCC1CC(C)C2(NC1=O)OC(CC(O)C(C)CCC(O)C(O)C=C(C)C1CC=CC=CC(O)C(C)C(O)C(CCC(C)=O)C(=O)NC(C(C)C)C(=O)NC(Cc3cc(O)cc(F)c3)C(=O)N3CCCC(N3)C(=O)O1)C(C)C(O)C2C. The number of rotatable bonds is 16. The van der Waals surface area contributed by atoms with Gasteiger partial charge in [-0.05, 0) is 93.9 Å². The number of nitrogens with one attached hydrogen (secondary N) is 4. The molecule has 5 rings (SSSR count). The van der Waals surface area contributed by atoms with Crippen molar-refractivity contribution in [2.75, 3.05) is 6.54 Å². The molecule has 1 spiro atoms. The van der Waals surface area contributed by atoms with Crippen molar-refractivity contribution in [1.82, 2.24) is 26.4 Å². The smallest absolute Gasteiger partial charge is 0.325 e. The molecule has 4 heterocycles. The number of carbonyl (C=O) groups excluding carboxylic acids is 6. The molecule has 454 valence electrons. The minimum atomic E-state index is -1.51. The number of amides is 4. The number of aromatic hydroxyl groups is 1. The van der Waals surface area contributed by atoms with Crippen molar-refractivity contribution < 1.29 is 78.4 Å². The summed E-state index contributed by atoms with van der Waals surface area (Å²) in [6.07, 6.45) is 0.224. The third-order valence-corrected chi connectivity index (χ3v) is 17.4. The zero-order valence-corrected chi connectivity index (χ0v) is 48.8. The maximum absolute atomic E-state index is 14.6. The summed E-state index contributed by atoms with van der Waals surface area (Å²) in [6.45, 7) is 17.3. The Bertz CT molecular complexity index is 2400. The van der Waals surface area contributed by atoms with Crippen molar-refractivity contribution >= 4 is 35.4 Å². The molecule has 19 atom stereocenters. The van der Waals surface area contributed by atoms with Crippen molar-refractivity contribution in [3.05, 3.63) is 65.5 Å². The number of halogens is 1. The maximum atomic E-state index is 14.6. The van der Waals surface area contributed by atoms with Gasteiger partial charge in [-0.25, -0.2) is 9.82 Å². The highest BCUT2D eigenvalue weighted by molar-refractivity contribution is 5.93. The lowest BCUT2D eigenvalue weighted by molar-refractivity contribution is -0.267. The van der Waals surface area contributed by atoms with Gasteiger partial charge in [-0.15, -0.1) is 0 Å². The fourth-order valence-electron chi connectivity index (χ4n) is 11.7. The third-order valence-electron chi connectivity index (χ3n) is 17.4. The van der Waals surface area contributed by atoms with E-state index < -0.39 is 138 Å². The van der Waals surface area contributed by atoms with Crippen LogP contribution in [-0.2, 0) is 44.7 Å². The van der Waals surface area contributed by atoms with Gasteiger partial charge in [0.2, 0.25) is 17.7 Å². The lowest BCUT2D eigenvalue weighted by Crippen LogP contribution is -2.71. The molecule has 0 aliphatic carbocycles. The van der Waals surface area contributed by atoms with Gasteiger partial charge in [0, 0.05) is 67.9 Å². The van der Waals surface area contributed by atoms with E-state index in [0.29, 0.717) is 24.8 Å². The number of carbonyl (C=O) groups is 6. The molecule has 4 aliphatic heterocycles. The number of aliphatic hydroxyl groups is 6. The third kappa shape index (κ3) is 17.5. The molecule has 1 aromatic rings. The Kier molecular flexibility index (Phi) is 24.6. The predicted molar refractivity (Wildman–Crippen MR) is 298 cm³/mol. The fraction of sp³-hybridized carbons (Fsp3) is 0.700. The van der Waals surface area contributed by atoms with E-state index in [9.17, 15) is 68.9 Å². The summed E-state index contributed by atoms with van der Waals surface area (Å²) in [5.74, 6) is -8.98. The molecule has 11 N–H and O–H groups in total. The number of aliphatic hydroxyl groups excluding tert-OH is 6. The van der Waals surface area contributed by atoms with Crippen LogP contribution in [0.25, 0.3) is 0 Å². The van der Waals surface area contributed by atoms with Crippen LogP contribution in [0.15, 0.2) is 54.2 Å². The first-order valence-corrected chi connectivity index (χ1v) is 29.0. The zero-order valence-electron chi connectivity index (χ0n) is 48.8. The van der Waals surface area contributed by atoms with E-state index in [1.54, 1.807) is 32.9 Å². The van der Waals surface area contributed by atoms with Crippen molar-refractivity contribution in [1.29, 1.82) is 0 Å². The van der Waals surface area contributed by atoms with Gasteiger partial charge in [0.15, 0.2) is 0 Å². The summed E-state index contributed by atoms with van der Waals surface area (Å²) in [5, 5.41) is 88.4. The molecule has 0 aromatic heterocycles. The van der Waals surface area contributed by atoms with Gasteiger partial charge in [0.1, 0.15) is 47.3 Å². The van der Waals surface area contributed by atoms with Crippen LogP contribution in [0.4, 0.5) is 4.39 Å². The van der Waals surface area contributed by atoms with Crippen molar-refractivity contribution in [3.63, 3.8) is 0 Å². The zero-order chi connectivity index (χ0) is 60.2. The molecule has 3 saturated heterocycles. The number of ether oxygens (including phenoxy) is 2. The van der Waals surface area contributed by atoms with E-state index in [2.05, 4.69) is 21.4 Å². The molecule has 4 amide bonds. The second-order valence-corrected chi connectivity index (χ2v) is 23.9. The first-order valence-electron chi connectivity index (χ1n) is 29.0. The largest absolute Gasteiger partial charge is 0.508 e. The van der Waals surface area contributed by atoms with Crippen LogP contribution < -0.4 is 21.4 Å². The Morgan fingerprint density at radius 1 is 0.901 bits per heavy atom. The summed E-state index contributed by atoms with van der Waals surface area (Å²) in [4.78, 5) is 82.3. The molecule has 20 nitrogen and oxygen atoms in total. The number of hydrazine groups is 1. The number of nitrogens with zero attached hydrogens (tertiary/aromatic N) is 1. The van der Waals surface area contributed by atoms with Crippen LogP contribution in [0.3, 0.4) is 0 Å². The number of hydrogen-bond donors (Lipinski definition) is 11. The Labute approximate surface area is 476 Å². The highest BCUT2D eigenvalue weighted by Gasteiger charge is 2.57. The number of esters is 1. The van der Waals surface area contributed by atoms with Crippen molar-refractivity contribution in [3.8, 4) is 5.75 Å². The van der Waals surface area contributed by atoms with Gasteiger partial charge in [0.05, 0.1) is 48.6 Å². The molecule has 1 aromatic carbocycles. The van der Waals surface area contributed by atoms with Crippen LogP contribution in [0.1, 0.15) is 139 Å². The molecule has 0 saturated carbocycles. The predicted octanol–water partition coefficient (Wildman–Crippen LogP) is 3.71. The highest BCUT2D eigenvalue weighted by atomic mass is 19.1. The van der Waals surface area contributed by atoms with E-state index in [-0.39, 0.29) is 92.9 Å². The summed E-state index contributed by atoms with van der Waals surface area (Å²) in [7, 11) is 0. The molecule has 2 bridgehead atoms. The van der Waals surface area contributed by atoms with Gasteiger partial charge < -0.3 is 66.0 Å². The Balaban J connectivity index is 1.37. The molecule has 19 unspecified atom stereocenters. The molecular weight excluding hydrogens is 1050 g/mol. The number of ketones is 1. The monoisotopic (exact) mass is 1140 g/mol. The lowest BCUT2D eigenvalue weighted by atomic mass is 9.69. The number of allylic oxidation sites excluding steroid dienone is 2. The van der Waals surface area contributed by atoms with E-state index >= 15 is 0 Å². The Morgan fingerprint density at radius 2 is 1.60 bits per heavy atom. The number of phenols is 1. The first kappa shape index (κ1) is 66.7. The standard InChI is InChI=1S/C60H92FN5O15/c1-11-40-25-34(6)60(64-55(40)75)38(10)53(73)37(9)51(81-60)30-48(71)32(4)19-22-47(70)49(72)24-33(5)50-18-14-12-13-17-46(69)36(8)54(74)43(21-20-35(7)67)56(76)63-52(31(2)3)57(77)62-45(28-39-26-41(61)29-42(68)27-39)58(78)66-23-15-16-44(65-66)59(79)80-50/h12-14,17,24,26-27,29,31-32,34,36-38,40,43-54,65,68-74H,11,15-16,18-23,25,28,30H2,1-10H3,(H,62,77)(H,63,76)(H,64,75). The Hall–Kier alpha value is -5.13. The number of benzene rings is 1. The summed E-state index contributed by atoms with van der Waals surface area (Å²) in [6, 6.07) is -0.673. The topological polar surface area (TPSA) is 314 Å². The Morgan fingerprint density at radius 3 is 2.26 bits per heavy atom. The van der Waals surface area contributed by atoms with Gasteiger partial charge in [-0.2, -0.15) is 0 Å². The number of phenolic OH excluding ortho intramolecular Hbond substituents is 1. The summed E-state index contributed by atoms with van der Waals surface area (Å²) >= 11 is 0. The van der Waals surface area contributed by atoms with Crippen LogP contribution in [0, 0.1) is 53.2 Å². The molecule has 4 aliphatic rings. The van der Waals surface area contributed by atoms with Crippen molar-refractivity contribution in [2.45, 2.75) is 213 Å². The first-order chi connectivity index (χ1) is 38.1. The van der Waals surface area contributed by atoms with Gasteiger partial charge in [-0.1, -0.05) is 85.8 Å². The van der Waals surface area contributed by atoms with Crippen LogP contribution in [-0.4, -0.2) is 155 Å². The molecule has 0 radical (unpaired) electrons. The quantitative estimate of drug-likeness (QED) is 0.0830. The van der Waals surface area contributed by atoms with E-state index in [1.165, 1.54) is 38.1 Å². The number of Topliss-reactive ketones (excluding diaryl/α,β-unsaturated/α-hetero) is 1. The number of fused-ring (bicyclic) bond motifs is 2. The van der Waals surface area contributed by atoms with Crippen molar-refractivity contribution in [2.24, 2.45) is 47.3 Å². The minimum absolute atomic E-state index is 0.0189. The van der Waals surface area contributed by atoms with Crippen LogP contribution >= 0.6 is 0 Å². The minimum Gasteiger partial charge on any atom is -0.508 e. The second kappa shape index (κ2) is 29.9. The average molecular weight is 1140 g/mol. The van der Waals surface area contributed by atoms with Crippen LogP contribution in [0.5, 0.6) is 5.75 Å². The normalized spacial score (nSPS) is 34.0. The van der Waals surface area contributed by atoms with Crippen LogP contribution in [0.2, 0.25) is 0 Å². The average Bonchev–Trinajstić information content (AvgIpc) is 3.52. The van der Waals surface area contributed by atoms with Gasteiger partial charge in [-0.3, -0.25) is 29.0 Å². The lowest BCUT2D eigenvalue weighted by Gasteiger charge is -2.56. The number of piperidine rings is 1. The second-order valence-electron chi connectivity index (χ2n) is 23.9. The number of hydrogen-bond acceptors (Lipinski definition) is 16. The molecule has 81 heavy (non-hydrogen) atoms. The number of cyclic esters (lactones) is 1. The molecule has 3 fully saturated rings. The maximum Gasteiger partial charge on any atom is 0.325 e. The van der Waals surface area contributed by atoms with E-state index in [0.717, 1.165) is 17.1 Å². The van der Waals surface area contributed by atoms with E-state index in [4.69, 9.17) is 9.47 Å². The molecular formula is C60H92FN5O15.